The third-order valence-electron chi connectivity index (χ3n) is 10.2. The Bertz CT molecular complexity index is 1870. The number of aromatic nitrogens is 4. The highest BCUT2D eigenvalue weighted by atomic mass is 16.3. The van der Waals surface area contributed by atoms with Gasteiger partial charge in [0, 0.05) is 56.3 Å². The highest BCUT2D eigenvalue weighted by molar-refractivity contribution is 5.87. The lowest BCUT2D eigenvalue weighted by Gasteiger charge is -2.20. The quantitative estimate of drug-likeness (QED) is 0.186. The van der Waals surface area contributed by atoms with Gasteiger partial charge in [0.2, 0.25) is 11.9 Å². The third-order valence-corrected chi connectivity index (χ3v) is 10.2. The minimum absolute atomic E-state index is 0.284. The summed E-state index contributed by atoms with van der Waals surface area (Å²) < 4.78 is 0. The van der Waals surface area contributed by atoms with Gasteiger partial charge < -0.3 is 20.6 Å². The molecule has 0 bridgehead atoms. The smallest absolute Gasteiger partial charge is 0.225 e. The summed E-state index contributed by atoms with van der Waals surface area (Å²) in [6.45, 7) is 4.93. The molecule has 0 radical (unpaired) electrons. The van der Waals surface area contributed by atoms with Crippen LogP contribution < -0.4 is 15.5 Å². The van der Waals surface area contributed by atoms with E-state index in [4.69, 9.17) is 15.7 Å². The number of rotatable bonds is 6. The highest BCUT2D eigenvalue weighted by Gasteiger charge is 2.20. The van der Waals surface area contributed by atoms with Gasteiger partial charge in [-0.2, -0.15) is 0 Å². The largest absolute Gasteiger partial charge is 0.396 e. The summed E-state index contributed by atoms with van der Waals surface area (Å²) in [5, 5.41) is 14.4. The number of hydrogen-bond acceptors (Lipinski definition) is 8. The number of benzene rings is 4. The number of aliphatic hydroxyl groups excluding tert-OH is 1. The Kier molecular flexibility index (Phi) is 10.9. The molecule has 0 unspecified atom stereocenters. The minimum Gasteiger partial charge on any atom is -0.396 e. The maximum absolute atomic E-state index is 9.40. The summed E-state index contributed by atoms with van der Waals surface area (Å²) in [6.07, 6.45) is 10.4. The number of hydrogen-bond donors (Lipinski definition) is 2. The molecule has 0 spiro atoms. The van der Waals surface area contributed by atoms with E-state index in [1.165, 1.54) is 28.0 Å². The summed E-state index contributed by atoms with van der Waals surface area (Å²) in [5.41, 5.74) is 10.0. The first-order valence-electron chi connectivity index (χ1n) is 18.1. The number of nitrogens with two attached hydrogens (primary N) is 1. The van der Waals surface area contributed by atoms with Crippen molar-refractivity contribution in [2.75, 3.05) is 49.1 Å². The van der Waals surface area contributed by atoms with Crippen LogP contribution >= 0.6 is 0 Å². The Morgan fingerprint density at radius 1 is 0.560 bits per heavy atom. The van der Waals surface area contributed by atoms with E-state index < -0.39 is 0 Å². The molecule has 8 rings (SSSR count). The molecule has 2 aromatic heterocycles. The standard InChI is InChI=1S/C21H24N4.C21H23N3O/c22-15-16-4-3-12-25(13-10-16)21-23-11-9-20(24-21)19-8-7-17-5-1-2-6-18(17)14-19;25-15-16-4-3-12-24(13-10-16)21-22-11-9-20(23-21)19-8-7-17-5-1-2-6-18(17)14-19/h1-2,5-9,11,14,16H,3-4,10,12-13,15,22H2;1-2,5-9,11,14,16,25H,3-4,10,12-13,15H2/t2*16-/m00/s1. The molecular weight excluding hydrogens is 619 g/mol. The lowest BCUT2D eigenvalue weighted by molar-refractivity contribution is 0.215. The lowest BCUT2D eigenvalue weighted by Crippen LogP contribution is -2.26. The van der Waals surface area contributed by atoms with Gasteiger partial charge in [-0.1, -0.05) is 72.8 Å². The van der Waals surface area contributed by atoms with Crippen molar-refractivity contribution in [2.24, 2.45) is 17.6 Å². The Balaban J connectivity index is 0.000000157. The van der Waals surface area contributed by atoms with Gasteiger partial charge in [-0.05, 0) is 103 Å². The Morgan fingerprint density at radius 3 is 1.54 bits per heavy atom. The molecule has 2 aliphatic heterocycles. The molecule has 4 aromatic carbocycles. The first-order valence-corrected chi connectivity index (χ1v) is 18.1. The van der Waals surface area contributed by atoms with Crippen LogP contribution in [0.2, 0.25) is 0 Å². The predicted molar refractivity (Wildman–Crippen MR) is 205 cm³/mol. The summed E-state index contributed by atoms with van der Waals surface area (Å²) in [4.78, 5) is 23.2. The van der Waals surface area contributed by atoms with Gasteiger partial charge in [0.1, 0.15) is 0 Å². The minimum atomic E-state index is 0.284. The summed E-state index contributed by atoms with van der Waals surface area (Å²) in [6, 6.07) is 33.7. The van der Waals surface area contributed by atoms with Crippen LogP contribution in [0.1, 0.15) is 38.5 Å². The zero-order chi connectivity index (χ0) is 34.1. The maximum atomic E-state index is 9.40. The summed E-state index contributed by atoms with van der Waals surface area (Å²) in [5.74, 6) is 2.68. The van der Waals surface area contributed by atoms with Crippen molar-refractivity contribution in [1.29, 1.82) is 0 Å². The Hall–Kier alpha value is -4.92. The molecular formula is C42H47N7O. The average molecular weight is 666 g/mol. The van der Waals surface area contributed by atoms with Gasteiger partial charge in [0.25, 0.3) is 0 Å². The van der Waals surface area contributed by atoms with Gasteiger partial charge in [-0.3, -0.25) is 0 Å². The number of nitrogens with zero attached hydrogens (tertiary/aromatic N) is 6. The molecule has 0 aliphatic carbocycles. The molecule has 8 heteroatoms. The van der Waals surface area contributed by atoms with Crippen molar-refractivity contribution in [2.45, 2.75) is 38.5 Å². The molecule has 0 amide bonds. The van der Waals surface area contributed by atoms with Crippen LogP contribution in [0.3, 0.4) is 0 Å². The van der Waals surface area contributed by atoms with Gasteiger partial charge in [-0.15, -0.1) is 0 Å². The first kappa shape index (κ1) is 33.6. The van der Waals surface area contributed by atoms with Gasteiger partial charge in [0.15, 0.2) is 0 Å². The van der Waals surface area contributed by atoms with E-state index in [2.05, 4.69) is 105 Å². The van der Waals surface area contributed by atoms with E-state index >= 15 is 0 Å². The van der Waals surface area contributed by atoms with E-state index in [1.54, 1.807) is 0 Å². The molecule has 2 saturated heterocycles. The lowest BCUT2D eigenvalue weighted by atomic mass is 10.0. The Labute approximate surface area is 295 Å². The van der Waals surface area contributed by atoms with E-state index in [1.807, 2.05) is 24.5 Å². The second-order valence-corrected chi connectivity index (χ2v) is 13.6. The summed E-state index contributed by atoms with van der Waals surface area (Å²) in [7, 11) is 0. The SMILES string of the molecule is NC[C@H]1CCCN(c2nccc(-c3ccc4ccccc4c3)n2)CC1.OC[C@H]1CCCN(c2nccc(-c3ccc4ccccc4c3)n2)CC1. The molecule has 256 valence electrons. The molecule has 0 saturated carbocycles. The van der Waals surface area contributed by atoms with E-state index in [9.17, 15) is 5.11 Å². The highest BCUT2D eigenvalue weighted by Crippen LogP contribution is 2.27. The van der Waals surface area contributed by atoms with Gasteiger partial charge in [0.05, 0.1) is 11.4 Å². The fourth-order valence-electron chi connectivity index (χ4n) is 7.17. The van der Waals surface area contributed by atoms with E-state index in [0.717, 1.165) is 99.2 Å². The monoisotopic (exact) mass is 665 g/mol. The van der Waals surface area contributed by atoms with Crippen LogP contribution in [0, 0.1) is 11.8 Å². The molecule has 8 nitrogen and oxygen atoms in total. The van der Waals surface area contributed by atoms with Crippen molar-refractivity contribution in [3.8, 4) is 22.5 Å². The van der Waals surface area contributed by atoms with Crippen LogP contribution in [0.5, 0.6) is 0 Å². The van der Waals surface area contributed by atoms with Gasteiger partial charge in [-0.25, -0.2) is 19.9 Å². The number of anilines is 2. The zero-order valence-electron chi connectivity index (χ0n) is 28.7. The topological polar surface area (TPSA) is 104 Å². The molecule has 3 N–H and O–H groups in total. The second kappa shape index (κ2) is 16.2. The Morgan fingerprint density at radius 2 is 1.04 bits per heavy atom. The first-order chi connectivity index (χ1) is 24.7. The van der Waals surface area contributed by atoms with Crippen LogP contribution in [0.4, 0.5) is 11.9 Å². The van der Waals surface area contributed by atoms with Crippen molar-refractivity contribution in [3.05, 3.63) is 109 Å². The molecule has 2 atom stereocenters. The van der Waals surface area contributed by atoms with Crippen molar-refractivity contribution >= 4 is 33.4 Å². The molecule has 6 aromatic rings. The number of aliphatic hydroxyl groups is 1. The molecule has 4 heterocycles. The molecule has 50 heavy (non-hydrogen) atoms. The van der Waals surface area contributed by atoms with E-state index in [0.29, 0.717) is 11.8 Å². The fraction of sp³-hybridized carbons (Fsp3) is 0.333. The summed E-state index contributed by atoms with van der Waals surface area (Å²) >= 11 is 0. The molecule has 2 fully saturated rings. The van der Waals surface area contributed by atoms with Crippen LogP contribution in [-0.2, 0) is 0 Å². The van der Waals surface area contributed by atoms with Crippen molar-refractivity contribution in [1.82, 2.24) is 19.9 Å². The predicted octanol–water partition coefficient (Wildman–Crippen LogP) is 7.76. The van der Waals surface area contributed by atoms with Crippen molar-refractivity contribution in [3.63, 3.8) is 0 Å². The fourth-order valence-corrected chi connectivity index (χ4v) is 7.17. The van der Waals surface area contributed by atoms with Gasteiger partial charge >= 0.3 is 0 Å². The van der Waals surface area contributed by atoms with E-state index in [-0.39, 0.29) is 6.61 Å². The van der Waals surface area contributed by atoms with Crippen molar-refractivity contribution < 1.29 is 5.11 Å². The van der Waals surface area contributed by atoms with Crippen LogP contribution in [0.15, 0.2) is 109 Å². The second-order valence-electron chi connectivity index (χ2n) is 13.6. The maximum Gasteiger partial charge on any atom is 0.225 e. The normalized spacial score (nSPS) is 18.3. The van der Waals surface area contributed by atoms with Crippen LogP contribution in [-0.4, -0.2) is 64.4 Å². The average Bonchev–Trinajstić information content (AvgIpc) is 3.59. The third kappa shape index (κ3) is 8.09. The zero-order valence-corrected chi connectivity index (χ0v) is 28.7. The molecule has 2 aliphatic rings. The van der Waals surface area contributed by atoms with Crippen LogP contribution in [0.25, 0.3) is 44.1 Å². The number of fused-ring (bicyclic) bond motifs is 2.